The topological polar surface area (TPSA) is 45.8 Å². The van der Waals surface area contributed by atoms with E-state index in [1.165, 1.54) is 0 Å². The van der Waals surface area contributed by atoms with Gasteiger partial charge in [0.05, 0.1) is 11.0 Å². The molecule has 2 aromatic rings. The summed E-state index contributed by atoms with van der Waals surface area (Å²) in [5.41, 5.74) is 3.50. The third-order valence-electron chi connectivity index (χ3n) is 2.29. The summed E-state index contributed by atoms with van der Waals surface area (Å²) in [7, 11) is 0. The molecule has 0 amide bonds. The fraction of sp³-hybridized carbons (Fsp3) is 0.273. The lowest BCUT2D eigenvalue weighted by Crippen LogP contribution is -2.11. The molecule has 1 N–H and O–H groups in total. The number of aryl methyl sites for hydroxylation is 2. The van der Waals surface area contributed by atoms with Gasteiger partial charge in [0, 0.05) is 11.8 Å². The monoisotopic (exact) mass is 188 g/mol. The van der Waals surface area contributed by atoms with Crippen LogP contribution in [-0.2, 0) is 6.42 Å². The van der Waals surface area contributed by atoms with Crippen molar-refractivity contribution in [1.29, 1.82) is 0 Å². The zero-order valence-electron chi connectivity index (χ0n) is 8.29. The summed E-state index contributed by atoms with van der Waals surface area (Å²) in [6.07, 6.45) is 2.54. The van der Waals surface area contributed by atoms with Crippen LogP contribution in [0.25, 0.3) is 11.0 Å². The maximum Gasteiger partial charge on any atom is 0.251 e. The molecule has 14 heavy (non-hydrogen) atoms. The predicted octanol–water partition coefficient (Wildman–Crippen LogP) is 1.79. The van der Waals surface area contributed by atoms with Gasteiger partial charge in [-0.15, -0.1) is 0 Å². The van der Waals surface area contributed by atoms with E-state index in [1.807, 2.05) is 26.0 Å². The SMILES string of the molecule is CCc1cc2ncc(C)cc2[nH]c1=O. The van der Waals surface area contributed by atoms with Gasteiger partial charge < -0.3 is 4.98 Å². The fourth-order valence-corrected chi connectivity index (χ4v) is 1.49. The Morgan fingerprint density at radius 1 is 1.43 bits per heavy atom. The lowest BCUT2D eigenvalue weighted by atomic mass is 10.2. The Hall–Kier alpha value is -1.64. The Morgan fingerprint density at radius 2 is 2.21 bits per heavy atom. The number of aromatic nitrogens is 2. The summed E-state index contributed by atoms with van der Waals surface area (Å²) in [4.78, 5) is 18.6. The van der Waals surface area contributed by atoms with Crippen molar-refractivity contribution in [2.45, 2.75) is 20.3 Å². The van der Waals surface area contributed by atoms with Crippen molar-refractivity contribution in [3.63, 3.8) is 0 Å². The number of H-pyrrole nitrogens is 1. The Morgan fingerprint density at radius 3 is 2.93 bits per heavy atom. The van der Waals surface area contributed by atoms with E-state index in [9.17, 15) is 4.79 Å². The van der Waals surface area contributed by atoms with E-state index in [1.54, 1.807) is 6.20 Å². The molecule has 0 unspecified atom stereocenters. The molecular weight excluding hydrogens is 176 g/mol. The van der Waals surface area contributed by atoms with Gasteiger partial charge in [0.1, 0.15) is 0 Å². The van der Waals surface area contributed by atoms with Crippen molar-refractivity contribution in [1.82, 2.24) is 9.97 Å². The molecule has 2 rings (SSSR count). The minimum atomic E-state index is -0.00704. The first-order chi connectivity index (χ1) is 6.70. The molecule has 2 heterocycles. The van der Waals surface area contributed by atoms with Gasteiger partial charge in [-0.25, -0.2) is 0 Å². The highest BCUT2D eigenvalue weighted by molar-refractivity contribution is 5.74. The standard InChI is InChI=1S/C11H12N2O/c1-3-8-5-9-10(13-11(8)14)4-7(2)6-12-9/h4-6H,3H2,1-2H3,(H,13,14). The van der Waals surface area contributed by atoms with Crippen molar-refractivity contribution in [3.8, 4) is 0 Å². The Bertz CT molecular complexity index is 528. The van der Waals surface area contributed by atoms with Crippen LogP contribution in [0.15, 0.2) is 23.1 Å². The van der Waals surface area contributed by atoms with Crippen LogP contribution in [-0.4, -0.2) is 9.97 Å². The fourth-order valence-electron chi connectivity index (χ4n) is 1.49. The third-order valence-corrected chi connectivity index (χ3v) is 2.29. The summed E-state index contributed by atoms with van der Waals surface area (Å²) in [5, 5.41) is 0. The maximum atomic E-state index is 11.5. The molecule has 0 saturated heterocycles. The quantitative estimate of drug-likeness (QED) is 0.741. The second-order valence-corrected chi connectivity index (χ2v) is 3.42. The summed E-state index contributed by atoms with van der Waals surface area (Å²) in [6, 6.07) is 3.79. The summed E-state index contributed by atoms with van der Waals surface area (Å²) in [5.74, 6) is 0. The van der Waals surface area contributed by atoms with Crippen LogP contribution in [0, 0.1) is 6.92 Å². The molecule has 0 aliphatic rings. The number of pyridine rings is 2. The van der Waals surface area contributed by atoms with E-state index in [0.29, 0.717) is 0 Å². The van der Waals surface area contributed by atoms with Crippen LogP contribution in [0.3, 0.4) is 0 Å². The molecule has 0 aromatic carbocycles. The van der Waals surface area contributed by atoms with Crippen LogP contribution < -0.4 is 5.56 Å². The molecule has 72 valence electrons. The molecule has 0 aliphatic heterocycles. The van der Waals surface area contributed by atoms with Gasteiger partial charge in [-0.1, -0.05) is 6.92 Å². The van der Waals surface area contributed by atoms with Crippen LogP contribution in [0.2, 0.25) is 0 Å². The van der Waals surface area contributed by atoms with E-state index in [-0.39, 0.29) is 5.56 Å². The van der Waals surface area contributed by atoms with Gasteiger partial charge in [0.25, 0.3) is 5.56 Å². The number of nitrogens with one attached hydrogen (secondary N) is 1. The molecule has 0 saturated carbocycles. The van der Waals surface area contributed by atoms with E-state index in [0.717, 1.165) is 28.6 Å². The van der Waals surface area contributed by atoms with Crippen LogP contribution >= 0.6 is 0 Å². The van der Waals surface area contributed by atoms with E-state index in [2.05, 4.69) is 9.97 Å². The second kappa shape index (κ2) is 3.25. The van der Waals surface area contributed by atoms with Crippen LogP contribution in [0.1, 0.15) is 18.1 Å². The van der Waals surface area contributed by atoms with Gasteiger partial charge >= 0.3 is 0 Å². The summed E-state index contributed by atoms with van der Waals surface area (Å²) >= 11 is 0. The summed E-state index contributed by atoms with van der Waals surface area (Å²) < 4.78 is 0. The molecule has 0 radical (unpaired) electrons. The summed E-state index contributed by atoms with van der Waals surface area (Å²) in [6.45, 7) is 3.92. The van der Waals surface area contributed by atoms with Gasteiger partial charge in [0.15, 0.2) is 0 Å². The van der Waals surface area contributed by atoms with Crippen LogP contribution in [0.5, 0.6) is 0 Å². The minimum Gasteiger partial charge on any atom is -0.320 e. The zero-order valence-corrected chi connectivity index (χ0v) is 8.29. The van der Waals surface area contributed by atoms with Crippen molar-refractivity contribution in [2.75, 3.05) is 0 Å². The number of rotatable bonds is 1. The van der Waals surface area contributed by atoms with Crippen molar-refractivity contribution >= 4 is 11.0 Å². The van der Waals surface area contributed by atoms with Crippen molar-refractivity contribution in [3.05, 3.63) is 39.8 Å². The molecule has 0 aliphatic carbocycles. The number of fused-ring (bicyclic) bond motifs is 1. The number of nitrogens with zero attached hydrogens (tertiary/aromatic N) is 1. The second-order valence-electron chi connectivity index (χ2n) is 3.42. The molecule has 0 fully saturated rings. The zero-order chi connectivity index (χ0) is 10.1. The molecule has 3 heteroatoms. The van der Waals surface area contributed by atoms with E-state index in [4.69, 9.17) is 0 Å². The largest absolute Gasteiger partial charge is 0.320 e. The lowest BCUT2D eigenvalue weighted by Gasteiger charge is -2.00. The smallest absolute Gasteiger partial charge is 0.251 e. The normalized spacial score (nSPS) is 10.7. The minimum absolute atomic E-state index is 0.00704. The average molecular weight is 188 g/mol. The van der Waals surface area contributed by atoms with Crippen LogP contribution in [0.4, 0.5) is 0 Å². The Balaban J connectivity index is 2.79. The first-order valence-electron chi connectivity index (χ1n) is 4.69. The number of hydrogen-bond donors (Lipinski definition) is 1. The van der Waals surface area contributed by atoms with Crippen molar-refractivity contribution < 1.29 is 0 Å². The lowest BCUT2D eigenvalue weighted by molar-refractivity contribution is 1.07. The third kappa shape index (κ3) is 1.41. The number of aromatic amines is 1. The first kappa shape index (κ1) is 8.94. The number of hydrogen-bond acceptors (Lipinski definition) is 2. The predicted molar refractivity (Wildman–Crippen MR) is 56.5 cm³/mol. The van der Waals surface area contributed by atoms with E-state index >= 15 is 0 Å². The molecule has 2 aromatic heterocycles. The average Bonchev–Trinajstić information content (AvgIpc) is 2.16. The highest BCUT2D eigenvalue weighted by Gasteiger charge is 2.01. The molecule has 3 nitrogen and oxygen atoms in total. The molecule has 0 spiro atoms. The van der Waals surface area contributed by atoms with Gasteiger partial charge in [-0.05, 0) is 31.0 Å². The highest BCUT2D eigenvalue weighted by atomic mass is 16.1. The molecule has 0 atom stereocenters. The molecule has 0 bridgehead atoms. The van der Waals surface area contributed by atoms with Gasteiger partial charge in [-0.2, -0.15) is 0 Å². The Kier molecular flexibility index (Phi) is 2.08. The highest BCUT2D eigenvalue weighted by Crippen LogP contribution is 2.09. The van der Waals surface area contributed by atoms with Gasteiger partial charge in [0.2, 0.25) is 0 Å². The van der Waals surface area contributed by atoms with Gasteiger partial charge in [-0.3, -0.25) is 9.78 Å². The molecular formula is C11H12N2O. The van der Waals surface area contributed by atoms with E-state index < -0.39 is 0 Å². The van der Waals surface area contributed by atoms with Crippen molar-refractivity contribution in [2.24, 2.45) is 0 Å². The first-order valence-corrected chi connectivity index (χ1v) is 4.69. The maximum absolute atomic E-state index is 11.5. The Labute approximate surface area is 81.8 Å².